The maximum absolute atomic E-state index is 13.5. The summed E-state index contributed by atoms with van der Waals surface area (Å²) in [7, 11) is 0. The molecule has 0 fully saturated rings. The van der Waals surface area contributed by atoms with Crippen LogP contribution in [0.5, 0.6) is 11.5 Å². The Bertz CT molecular complexity index is 1430. The van der Waals surface area contributed by atoms with Gasteiger partial charge in [-0.15, -0.1) is 0 Å². The van der Waals surface area contributed by atoms with Crippen molar-refractivity contribution in [2.24, 2.45) is 5.73 Å². The van der Waals surface area contributed by atoms with E-state index in [1.54, 1.807) is 18.2 Å². The van der Waals surface area contributed by atoms with Crippen molar-refractivity contribution in [3.63, 3.8) is 0 Å². The summed E-state index contributed by atoms with van der Waals surface area (Å²) in [6.45, 7) is -0.600. The number of halogens is 4. The zero-order valence-corrected chi connectivity index (χ0v) is 18.3. The van der Waals surface area contributed by atoms with E-state index in [0.29, 0.717) is 16.5 Å². The van der Waals surface area contributed by atoms with Gasteiger partial charge >= 0.3 is 6.18 Å². The number of primary amides is 1. The Morgan fingerprint density at radius 3 is 2.69 bits per heavy atom. The summed E-state index contributed by atoms with van der Waals surface area (Å²) in [5.74, 6) is -2.51. The molecule has 0 aliphatic carbocycles. The minimum absolute atomic E-state index is 0.00955. The van der Waals surface area contributed by atoms with Gasteiger partial charge < -0.3 is 15.9 Å². The Kier molecular flexibility index (Phi) is 7.31. The van der Waals surface area contributed by atoms with E-state index < -0.39 is 35.6 Å². The van der Waals surface area contributed by atoms with Gasteiger partial charge in [0.1, 0.15) is 5.75 Å². The normalized spacial score (nSPS) is 11.6. The monoisotopic (exact) mass is 502 g/mol. The van der Waals surface area contributed by atoms with E-state index in [1.807, 2.05) is 0 Å². The minimum Gasteiger partial charge on any atom is -0.449 e. The second kappa shape index (κ2) is 10.2. The van der Waals surface area contributed by atoms with Crippen LogP contribution in [0.25, 0.3) is 0 Å². The Morgan fingerprint density at radius 1 is 1.34 bits per heavy atom. The van der Waals surface area contributed by atoms with E-state index in [0.717, 1.165) is 18.2 Å². The third-order valence-corrected chi connectivity index (χ3v) is 4.65. The van der Waals surface area contributed by atoms with E-state index in [4.69, 9.17) is 32.7 Å². The summed E-state index contributed by atoms with van der Waals surface area (Å²) in [4.78, 5) is 32.0. The predicted octanol–water partition coefficient (Wildman–Crippen LogP) is 3.45. The second-order valence-corrected chi connectivity index (χ2v) is 7.37. The number of benzene rings is 1. The van der Waals surface area contributed by atoms with Crippen LogP contribution >= 0.6 is 11.6 Å². The number of nitriles is 1. The summed E-state index contributed by atoms with van der Waals surface area (Å²) >= 11 is 5.86. The number of pyridine rings is 1. The molecule has 0 radical (unpaired) electrons. The summed E-state index contributed by atoms with van der Waals surface area (Å²) in [5, 5.41) is 17.1. The summed E-state index contributed by atoms with van der Waals surface area (Å²) in [5.41, 5.74) is 2.34. The number of alkyl halides is 3. The Hall–Kier alpha value is -4.50. The van der Waals surface area contributed by atoms with Crippen molar-refractivity contribution in [3.8, 4) is 17.6 Å². The van der Waals surface area contributed by atoms with Crippen LogP contribution in [0.2, 0.25) is 5.02 Å². The van der Waals surface area contributed by atoms with Crippen LogP contribution in [0.1, 0.15) is 16.8 Å². The van der Waals surface area contributed by atoms with E-state index >= 15 is 0 Å². The standard InChI is InChI=1S/C22H14ClF3N6O3/c23-15-4-12(8-27)5-16(7-15)35-18-19(22(24,25)26)31-11-32(21(18)34)10-14(20(29)33)6-17(28)13-2-1-3-30-9-13/h1-7,9,11,28H,10H2,(H2,29,33)/b14-6-,28-17?. The number of rotatable bonds is 7. The first kappa shape index (κ1) is 25.1. The van der Waals surface area contributed by atoms with Crippen LogP contribution in [-0.2, 0) is 17.5 Å². The number of amides is 1. The fourth-order valence-electron chi connectivity index (χ4n) is 2.84. The molecule has 1 amide bonds. The Morgan fingerprint density at radius 2 is 2.09 bits per heavy atom. The van der Waals surface area contributed by atoms with Gasteiger partial charge in [-0.2, -0.15) is 18.4 Å². The van der Waals surface area contributed by atoms with Crippen molar-refractivity contribution >= 4 is 23.2 Å². The summed E-state index contributed by atoms with van der Waals surface area (Å²) in [6.07, 6.45) is -0.573. The zero-order valence-electron chi connectivity index (χ0n) is 17.5. The van der Waals surface area contributed by atoms with Gasteiger partial charge in [0.2, 0.25) is 11.7 Å². The van der Waals surface area contributed by atoms with Crippen molar-refractivity contribution in [1.29, 1.82) is 10.7 Å². The molecule has 0 unspecified atom stereocenters. The average Bonchev–Trinajstić information content (AvgIpc) is 2.80. The van der Waals surface area contributed by atoms with Crippen LogP contribution in [0.4, 0.5) is 13.2 Å². The fraction of sp³-hybridized carbons (Fsp3) is 0.0909. The smallest absolute Gasteiger partial charge is 0.437 e. The molecule has 1 aromatic carbocycles. The highest BCUT2D eigenvalue weighted by atomic mass is 35.5. The molecule has 178 valence electrons. The van der Waals surface area contributed by atoms with E-state index in [-0.39, 0.29) is 27.6 Å². The summed E-state index contributed by atoms with van der Waals surface area (Å²) < 4.78 is 46.5. The van der Waals surface area contributed by atoms with Crippen LogP contribution in [0, 0.1) is 16.7 Å². The molecular weight excluding hydrogens is 489 g/mol. The highest BCUT2D eigenvalue weighted by Crippen LogP contribution is 2.35. The number of nitrogens with two attached hydrogens (primary N) is 1. The SMILES string of the molecule is N#Cc1cc(Cl)cc(Oc2c(C(F)(F)F)ncn(C/C(=C/C(=N)c3cccnc3)C(N)=O)c2=O)c1. The number of nitrogens with one attached hydrogen (secondary N) is 1. The number of carbonyl (C=O) groups is 1. The van der Waals surface area contributed by atoms with Gasteiger partial charge in [0.15, 0.2) is 5.69 Å². The van der Waals surface area contributed by atoms with Crippen molar-refractivity contribution in [2.75, 3.05) is 0 Å². The van der Waals surface area contributed by atoms with E-state index in [1.165, 1.54) is 18.5 Å². The van der Waals surface area contributed by atoms with E-state index in [2.05, 4.69) is 9.97 Å². The lowest BCUT2D eigenvalue weighted by Crippen LogP contribution is -2.29. The molecule has 3 aromatic rings. The van der Waals surface area contributed by atoms with E-state index in [9.17, 15) is 22.8 Å². The highest BCUT2D eigenvalue weighted by molar-refractivity contribution is 6.30. The first-order valence-corrected chi connectivity index (χ1v) is 9.92. The molecule has 0 spiro atoms. The van der Waals surface area contributed by atoms with Crippen molar-refractivity contribution < 1.29 is 22.7 Å². The van der Waals surface area contributed by atoms with Gasteiger partial charge in [0.25, 0.3) is 5.56 Å². The largest absolute Gasteiger partial charge is 0.449 e. The average molecular weight is 503 g/mol. The first-order valence-electron chi connectivity index (χ1n) is 9.54. The number of aromatic nitrogens is 3. The minimum atomic E-state index is -5.06. The zero-order chi connectivity index (χ0) is 25.8. The van der Waals surface area contributed by atoms with Crippen molar-refractivity contribution in [2.45, 2.75) is 12.7 Å². The second-order valence-electron chi connectivity index (χ2n) is 6.93. The predicted molar refractivity (Wildman–Crippen MR) is 118 cm³/mol. The Balaban J connectivity index is 2.06. The molecule has 0 atom stereocenters. The van der Waals surface area contributed by atoms with Crippen LogP contribution in [0.3, 0.4) is 0 Å². The Labute approximate surface area is 200 Å². The lowest BCUT2D eigenvalue weighted by atomic mass is 10.1. The molecule has 2 heterocycles. The number of hydrogen-bond donors (Lipinski definition) is 2. The molecule has 0 bridgehead atoms. The molecule has 13 heteroatoms. The molecule has 0 aliphatic heterocycles. The molecule has 0 saturated heterocycles. The van der Waals surface area contributed by atoms with Gasteiger partial charge in [0, 0.05) is 28.6 Å². The van der Waals surface area contributed by atoms with Gasteiger partial charge in [-0.1, -0.05) is 11.6 Å². The molecular formula is C22H14ClF3N6O3. The number of carbonyl (C=O) groups excluding carboxylic acids is 1. The number of nitrogens with zero attached hydrogens (tertiary/aromatic N) is 4. The van der Waals surface area contributed by atoms with Crippen molar-refractivity contribution in [1.82, 2.24) is 14.5 Å². The third kappa shape index (κ3) is 6.10. The molecule has 9 nitrogen and oxygen atoms in total. The lowest BCUT2D eigenvalue weighted by Gasteiger charge is -2.15. The van der Waals surface area contributed by atoms with Gasteiger partial charge in [-0.3, -0.25) is 19.1 Å². The van der Waals surface area contributed by atoms with Crippen molar-refractivity contribution in [3.05, 3.63) is 92.9 Å². The van der Waals surface area contributed by atoms with Gasteiger partial charge in [0.05, 0.1) is 30.2 Å². The van der Waals surface area contributed by atoms with Gasteiger partial charge in [-0.05, 0) is 36.4 Å². The molecule has 0 saturated carbocycles. The van der Waals surface area contributed by atoms with Crippen LogP contribution in [-0.4, -0.2) is 26.2 Å². The number of ether oxygens (including phenoxy) is 1. The molecule has 35 heavy (non-hydrogen) atoms. The summed E-state index contributed by atoms with van der Waals surface area (Å²) in [6, 6.07) is 8.33. The maximum Gasteiger partial charge on any atom is 0.437 e. The fourth-order valence-corrected chi connectivity index (χ4v) is 3.06. The quantitative estimate of drug-likeness (QED) is 0.373. The lowest BCUT2D eigenvalue weighted by molar-refractivity contribution is -0.142. The van der Waals surface area contributed by atoms with Crippen LogP contribution in [0.15, 0.2) is 65.5 Å². The molecule has 3 N–H and O–H groups in total. The molecule has 0 aliphatic rings. The molecule has 2 aromatic heterocycles. The highest BCUT2D eigenvalue weighted by Gasteiger charge is 2.39. The number of hydrogen-bond acceptors (Lipinski definition) is 7. The van der Waals surface area contributed by atoms with Gasteiger partial charge in [-0.25, -0.2) is 4.98 Å². The molecule has 3 rings (SSSR count). The third-order valence-electron chi connectivity index (χ3n) is 4.43. The topological polar surface area (TPSA) is 148 Å². The first-order chi connectivity index (χ1) is 16.5. The number of allylic oxidation sites excluding steroid dienone is 1. The maximum atomic E-state index is 13.5. The van der Waals surface area contributed by atoms with Crippen LogP contribution < -0.4 is 16.0 Å².